The number of rotatable bonds is 5. The Morgan fingerprint density at radius 1 is 1.42 bits per heavy atom. The van der Waals surface area contributed by atoms with Gasteiger partial charge in [-0.2, -0.15) is 5.10 Å². The first-order valence-electron chi connectivity index (χ1n) is 7.34. The van der Waals surface area contributed by atoms with Gasteiger partial charge in [0.05, 0.1) is 12.0 Å². The van der Waals surface area contributed by atoms with Gasteiger partial charge in [-0.3, -0.25) is 0 Å². The molecule has 0 unspecified atom stereocenters. The molecule has 0 saturated heterocycles. The van der Waals surface area contributed by atoms with Crippen LogP contribution in [0.5, 0.6) is 0 Å². The molecule has 0 aliphatic heterocycles. The fraction of sp³-hybridized carbons (Fsp3) is 0.733. The maximum Gasteiger partial charge on any atom is 0.152 e. The van der Waals surface area contributed by atoms with Crippen molar-refractivity contribution in [2.75, 3.05) is 14.1 Å². The molecule has 4 nitrogen and oxygen atoms in total. The van der Waals surface area contributed by atoms with E-state index in [4.69, 9.17) is 5.10 Å². The molecular weight excluding hydrogens is 236 g/mol. The van der Waals surface area contributed by atoms with Crippen molar-refractivity contribution in [1.29, 1.82) is 0 Å². The van der Waals surface area contributed by atoms with E-state index in [1.165, 1.54) is 25.7 Å². The topological polar surface area (TPSA) is 33.4 Å². The molecule has 0 N–H and O–H groups in total. The fourth-order valence-electron chi connectivity index (χ4n) is 2.56. The van der Waals surface area contributed by atoms with Gasteiger partial charge in [0.25, 0.3) is 0 Å². The molecule has 1 aromatic rings. The Morgan fingerprint density at radius 2 is 2.11 bits per heavy atom. The van der Waals surface area contributed by atoms with Gasteiger partial charge in [-0.05, 0) is 24.7 Å². The van der Waals surface area contributed by atoms with Crippen LogP contribution in [0.4, 0.5) is 5.82 Å². The third-order valence-corrected chi connectivity index (χ3v) is 3.70. The standard InChI is InChI=1S/C15H26N4/c1-12(2)14-9-15(16-11-18(3)4)19(17-14)10-13-7-5-6-8-13/h9,11-13H,5-8,10H2,1-4H3. The average molecular weight is 262 g/mol. The van der Waals surface area contributed by atoms with Crippen LogP contribution in [0, 0.1) is 5.92 Å². The van der Waals surface area contributed by atoms with Crippen molar-refractivity contribution in [2.24, 2.45) is 10.9 Å². The molecular formula is C15H26N4. The summed E-state index contributed by atoms with van der Waals surface area (Å²) in [6, 6.07) is 2.12. The summed E-state index contributed by atoms with van der Waals surface area (Å²) in [4.78, 5) is 6.51. The summed E-state index contributed by atoms with van der Waals surface area (Å²) in [7, 11) is 3.98. The molecule has 106 valence electrons. The van der Waals surface area contributed by atoms with E-state index in [0.717, 1.165) is 24.0 Å². The molecule has 1 saturated carbocycles. The van der Waals surface area contributed by atoms with E-state index in [9.17, 15) is 0 Å². The Bertz CT molecular complexity index is 425. The molecule has 0 aromatic carbocycles. The summed E-state index contributed by atoms with van der Waals surface area (Å²) in [5.74, 6) is 2.23. The molecule has 2 rings (SSSR count). The van der Waals surface area contributed by atoms with E-state index in [-0.39, 0.29) is 0 Å². The third kappa shape index (κ3) is 3.82. The smallest absolute Gasteiger partial charge is 0.152 e. The first-order valence-corrected chi connectivity index (χ1v) is 7.34. The second-order valence-corrected chi connectivity index (χ2v) is 6.12. The van der Waals surface area contributed by atoms with Gasteiger partial charge in [0.1, 0.15) is 0 Å². The molecule has 1 fully saturated rings. The van der Waals surface area contributed by atoms with Gasteiger partial charge in [0.15, 0.2) is 5.82 Å². The molecule has 1 aliphatic carbocycles. The molecule has 0 amide bonds. The van der Waals surface area contributed by atoms with Gasteiger partial charge in [-0.1, -0.05) is 26.7 Å². The van der Waals surface area contributed by atoms with E-state index >= 15 is 0 Å². The van der Waals surface area contributed by atoms with Gasteiger partial charge in [-0.15, -0.1) is 0 Å². The highest BCUT2D eigenvalue weighted by Gasteiger charge is 2.18. The summed E-state index contributed by atoms with van der Waals surface area (Å²) in [6.45, 7) is 5.39. The number of aromatic nitrogens is 2. The molecule has 4 heteroatoms. The third-order valence-electron chi connectivity index (χ3n) is 3.70. The molecule has 0 spiro atoms. The largest absolute Gasteiger partial charge is 0.369 e. The highest BCUT2D eigenvalue weighted by molar-refractivity contribution is 5.59. The Balaban J connectivity index is 2.17. The van der Waals surface area contributed by atoms with Gasteiger partial charge >= 0.3 is 0 Å². The monoisotopic (exact) mass is 262 g/mol. The van der Waals surface area contributed by atoms with E-state index in [1.807, 2.05) is 25.3 Å². The lowest BCUT2D eigenvalue weighted by molar-refractivity contribution is 0.428. The zero-order valence-electron chi connectivity index (χ0n) is 12.6. The quantitative estimate of drug-likeness (QED) is 0.602. The van der Waals surface area contributed by atoms with E-state index in [1.54, 1.807) is 0 Å². The minimum Gasteiger partial charge on any atom is -0.369 e. The zero-order valence-corrected chi connectivity index (χ0v) is 12.6. The molecule has 1 aliphatic rings. The maximum absolute atomic E-state index is 4.74. The van der Waals surface area contributed by atoms with Crippen LogP contribution in [0.3, 0.4) is 0 Å². The van der Waals surface area contributed by atoms with Gasteiger partial charge in [0, 0.05) is 26.7 Å². The molecule has 1 aromatic heterocycles. The van der Waals surface area contributed by atoms with Crippen LogP contribution < -0.4 is 0 Å². The maximum atomic E-state index is 4.74. The number of hydrogen-bond acceptors (Lipinski definition) is 2. The van der Waals surface area contributed by atoms with Gasteiger partial charge in [0.2, 0.25) is 0 Å². The predicted molar refractivity (Wildman–Crippen MR) is 80.1 cm³/mol. The SMILES string of the molecule is CC(C)c1cc(N=CN(C)C)n(CC2CCCC2)n1. The predicted octanol–water partition coefficient (Wildman–Crippen LogP) is 3.42. The molecule has 1 heterocycles. The van der Waals surface area contributed by atoms with Crippen molar-refractivity contribution in [1.82, 2.24) is 14.7 Å². The second kappa shape index (κ2) is 6.22. The van der Waals surface area contributed by atoms with Gasteiger partial charge < -0.3 is 4.90 Å². The van der Waals surface area contributed by atoms with Crippen molar-refractivity contribution < 1.29 is 0 Å². The molecule has 0 atom stereocenters. The van der Waals surface area contributed by atoms with E-state index < -0.39 is 0 Å². The summed E-state index contributed by atoms with van der Waals surface area (Å²) in [6.07, 6.45) is 7.28. The highest BCUT2D eigenvalue weighted by Crippen LogP contribution is 2.28. The Kier molecular flexibility index (Phi) is 4.61. The van der Waals surface area contributed by atoms with E-state index in [2.05, 4.69) is 29.6 Å². The van der Waals surface area contributed by atoms with Crippen LogP contribution in [0.1, 0.15) is 51.1 Å². The van der Waals surface area contributed by atoms with E-state index in [0.29, 0.717) is 5.92 Å². The highest BCUT2D eigenvalue weighted by atomic mass is 15.3. The van der Waals surface area contributed by atoms with Crippen molar-refractivity contribution in [3.63, 3.8) is 0 Å². The zero-order chi connectivity index (χ0) is 13.8. The molecule has 0 radical (unpaired) electrons. The average Bonchev–Trinajstić information content (AvgIpc) is 2.96. The Morgan fingerprint density at radius 3 is 2.68 bits per heavy atom. The Labute approximate surface area is 116 Å². The lowest BCUT2D eigenvalue weighted by Crippen LogP contribution is -2.10. The van der Waals surface area contributed by atoms with Crippen LogP contribution in [0.25, 0.3) is 0 Å². The summed E-state index contributed by atoms with van der Waals surface area (Å²) in [5.41, 5.74) is 1.14. The van der Waals surface area contributed by atoms with Crippen LogP contribution in [0.15, 0.2) is 11.1 Å². The number of nitrogens with zero attached hydrogens (tertiary/aromatic N) is 4. The summed E-state index contributed by atoms with van der Waals surface area (Å²) in [5, 5.41) is 4.74. The number of aliphatic imine (C=N–C) groups is 1. The van der Waals surface area contributed by atoms with Crippen LogP contribution in [-0.4, -0.2) is 35.1 Å². The fourth-order valence-corrected chi connectivity index (χ4v) is 2.56. The summed E-state index contributed by atoms with van der Waals surface area (Å²) < 4.78 is 2.10. The van der Waals surface area contributed by atoms with Gasteiger partial charge in [-0.25, -0.2) is 9.67 Å². The minimum absolute atomic E-state index is 0.457. The second-order valence-electron chi connectivity index (χ2n) is 6.12. The summed E-state index contributed by atoms with van der Waals surface area (Å²) >= 11 is 0. The first kappa shape index (κ1) is 14.1. The van der Waals surface area contributed by atoms with Crippen LogP contribution in [0.2, 0.25) is 0 Å². The lowest BCUT2D eigenvalue weighted by Gasteiger charge is -2.11. The van der Waals surface area contributed by atoms with Crippen molar-refractivity contribution in [3.05, 3.63) is 11.8 Å². The minimum atomic E-state index is 0.457. The normalized spacial score (nSPS) is 16.9. The Hall–Kier alpha value is -1.32. The van der Waals surface area contributed by atoms with Crippen molar-refractivity contribution in [3.8, 4) is 0 Å². The first-order chi connectivity index (χ1) is 9.06. The van der Waals surface area contributed by atoms with Crippen molar-refractivity contribution >= 4 is 12.2 Å². The molecule has 0 bridgehead atoms. The number of hydrogen-bond donors (Lipinski definition) is 0. The lowest BCUT2D eigenvalue weighted by atomic mass is 10.1. The van der Waals surface area contributed by atoms with Crippen LogP contribution in [-0.2, 0) is 6.54 Å². The molecule has 19 heavy (non-hydrogen) atoms. The van der Waals surface area contributed by atoms with Crippen molar-refractivity contribution in [2.45, 2.75) is 52.0 Å². The van der Waals surface area contributed by atoms with Crippen LogP contribution >= 0.6 is 0 Å².